The molecule has 0 aliphatic carbocycles. The molecule has 0 spiro atoms. The maximum atomic E-state index is 11.9. The van der Waals surface area contributed by atoms with E-state index in [4.69, 9.17) is 4.42 Å². The van der Waals surface area contributed by atoms with Crippen LogP contribution in [0.25, 0.3) is 0 Å². The van der Waals surface area contributed by atoms with Gasteiger partial charge in [-0.1, -0.05) is 0 Å². The van der Waals surface area contributed by atoms with Crippen molar-refractivity contribution in [1.29, 1.82) is 0 Å². The summed E-state index contributed by atoms with van der Waals surface area (Å²) in [6.45, 7) is 4.17. The van der Waals surface area contributed by atoms with Gasteiger partial charge in [-0.15, -0.1) is 11.3 Å². The van der Waals surface area contributed by atoms with Crippen molar-refractivity contribution in [2.45, 2.75) is 20.4 Å². The van der Waals surface area contributed by atoms with Gasteiger partial charge in [-0.3, -0.25) is 4.79 Å². The first-order valence-corrected chi connectivity index (χ1v) is 6.81. The minimum Gasteiger partial charge on any atom is -0.466 e. The van der Waals surface area contributed by atoms with Gasteiger partial charge in [0.15, 0.2) is 0 Å². The van der Waals surface area contributed by atoms with Crippen LogP contribution in [0.5, 0.6) is 0 Å². The summed E-state index contributed by atoms with van der Waals surface area (Å²) in [7, 11) is 0. The quantitative estimate of drug-likeness (QED) is 0.939. The third-order valence-electron chi connectivity index (χ3n) is 2.33. The number of nitrogens with one attached hydrogen (secondary N) is 1. The molecule has 0 saturated heterocycles. The van der Waals surface area contributed by atoms with Crippen LogP contribution in [-0.2, 0) is 6.54 Å². The summed E-state index contributed by atoms with van der Waals surface area (Å²) >= 11 is 4.99. The predicted octanol–water partition coefficient (Wildman–Crippen LogP) is 3.65. The standard InChI is InChI=1S/C12H12BrNO2S/c1-7-3-11(8(2)16-7)12(15)14-5-10-4-9(13)6-17-10/h3-4,6H,5H2,1-2H3,(H,14,15). The molecular formula is C12H12BrNO2S. The van der Waals surface area contributed by atoms with Gasteiger partial charge in [-0.2, -0.15) is 0 Å². The van der Waals surface area contributed by atoms with Crippen LogP contribution < -0.4 is 5.32 Å². The van der Waals surface area contributed by atoms with E-state index in [9.17, 15) is 4.79 Å². The number of hydrogen-bond donors (Lipinski definition) is 1. The molecule has 0 unspecified atom stereocenters. The van der Waals surface area contributed by atoms with Gasteiger partial charge in [-0.25, -0.2) is 0 Å². The molecule has 2 aromatic rings. The van der Waals surface area contributed by atoms with Crippen molar-refractivity contribution < 1.29 is 9.21 Å². The zero-order chi connectivity index (χ0) is 12.4. The first kappa shape index (κ1) is 12.4. The molecule has 1 N–H and O–H groups in total. The fourth-order valence-corrected chi connectivity index (χ4v) is 2.96. The number of halogens is 1. The maximum Gasteiger partial charge on any atom is 0.255 e. The number of furan rings is 1. The number of carbonyl (C=O) groups excluding carboxylic acids is 1. The third kappa shape index (κ3) is 2.98. The Hall–Kier alpha value is -1.07. The molecule has 2 aromatic heterocycles. The highest BCUT2D eigenvalue weighted by molar-refractivity contribution is 9.10. The monoisotopic (exact) mass is 313 g/mol. The average molecular weight is 314 g/mol. The Morgan fingerprint density at radius 3 is 2.76 bits per heavy atom. The molecule has 90 valence electrons. The predicted molar refractivity (Wildman–Crippen MR) is 71.4 cm³/mol. The summed E-state index contributed by atoms with van der Waals surface area (Å²) in [6, 6.07) is 3.76. The molecule has 0 atom stereocenters. The number of carbonyl (C=O) groups is 1. The lowest BCUT2D eigenvalue weighted by atomic mass is 10.2. The number of aryl methyl sites for hydroxylation is 2. The molecule has 5 heteroatoms. The molecule has 0 aliphatic heterocycles. The second kappa shape index (κ2) is 5.06. The van der Waals surface area contributed by atoms with E-state index >= 15 is 0 Å². The van der Waals surface area contributed by atoms with E-state index in [0.29, 0.717) is 17.9 Å². The van der Waals surface area contributed by atoms with Gasteiger partial charge in [0.05, 0.1) is 12.1 Å². The molecule has 0 aromatic carbocycles. The minimum absolute atomic E-state index is 0.0936. The number of rotatable bonds is 3. The van der Waals surface area contributed by atoms with Gasteiger partial charge in [0.25, 0.3) is 5.91 Å². The SMILES string of the molecule is Cc1cc(C(=O)NCc2cc(Br)cs2)c(C)o1. The zero-order valence-corrected chi connectivity index (χ0v) is 11.9. The van der Waals surface area contributed by atoms with Gasteiger partial charge in [0.2, 0.25) is 0 Å². The van der Waals surface area contributed by atoms with Crippen LogP contribution >= 0.6 is 27.3 Å². The lowest BCUT2D eigenvalue weighted by molar-refractivity contribution is 0.0950. The van der Waals surface area contributed by atoms with Gasteiger partial charge in [-0.05, 0) is 41.9 Å². The third-order valence-corrected chi connectivity index (χ3v) is 4.03. The Balaban J connectivity index is 2.00. The highest BCUT2D eigenvalue weighted by atomic mass is 79.9. The largest absolute Gasteiger partial charge is 0.466 e. The van der Waals surface area contributed by atoms with Crippen LogP contribution in [0.15, 0.2) is 26.4 Å². The van der Waals surface area contributed by atoms with Gasteiger partial charge in [0, 0.05) is 14.7 Å². The van der Waals surface area contributed by atoms with Crippen LogP contribution in [0.1, 0.15) is 26.8 Å². The van der Waals surface area contributed by atoms with Crippen molar-refractivity contribution in [3.63, 3.8) is 0 Å². The van der Waals surface area contributed by atoms with E-state index in [1.54, 1.807) is 24.3 Å². The van der Waals surface area contributed by atoms with E-state index in [1.807, 2.05) is 18.4 Å². The summed E-state index contributed by atoms with van der Waals surface area (Å²) in [4.78, 5) is 13.0. The van der Waals surface area contributed by atoms with Crippen LogP contribution in [0, 0.1) is 13.8 Å². The second-order valence-corrected chi connectivity index (χ2v) is 5.65. The summed E-state index contributed by atoms with van der Waals surface area (Å²) < 4.78 is 6.37. The first-order valence-electron chi connectivity index (χ1n) is 5.14. The van der Waals surface area contributed by atoms with Gasteiger partial charge >= 0.3 is 0 Å². The highest BCUT2D eigenvalue weighted by Crippen LogP contribution is 2.20. The van der Waals surface area contributed by atoms with Crippen LogP contribution in [-0.4, -0.2) is 5.91 Å². The lowest BCUT2D eigenvalue weighted by Gasteiger charge is -2.01. The molecule has 0 saturated carbocycles. The molecule has 1 amide bonds. The Bertz CT molecular complexity index is 544. The molecule has 0 bridgehead atoms. The second-order valence-electron chi connectivity index (χ2n) is 3.74. The normalized spacial score (nSPS) is 10.5. The van der Waals surface area contributed by atoms with E-state index in [-0.39, 0.29) is 5.91 Å². The minimum atomic E-state index is -0.0936. The Morgan fingerprint density at radius 1 is 1.47 bits per heavy atom. The van der Waals surface area contributed by atoms with Crippen LogP contribution in [0.3, 0.4) is 0 Å². The lowest BCUT2D eigenvalue weighted by Crippen LogP contribution is -2.22. The highest BCUT2D eigenvalue weighted by Gasteiger charge is 2.13. The Morgan fingerprint density at radius 2 is 2.24 bits per heavy atom. The van der Waals surface area contributed by atoms with E-state index in [1.165, 1.54) is 0 Å². The summed E-state index contributed by atoms with van der Waals surface area (Å²) in [5.74, 6) is 1.32. The van der Waals surface area contributed by atoms with Crippen molar-refractivity contribution in [1.82, 2.24) is 5.32 Å². The maximum absolute atomic E-state index is 11.9. The van der Waals surface area contributed by atoms with E-state index in [0.717, 1.165) is 15.1 Å². The van der Waals surface area contributed by atoms with Crippen molar-refractivity contribution in [2.24, 2.45) is 0 Å². The molecule has 2 rings (SSSR count). The molecule has 2 heterocycles. The average Bonchev–Trinajstić information content (AvgIpc) is 2.81. The summed E-state index contributed by atoms with van der Waals surface area (Å²) in [6.07, 6.45) is 0. The Labute approximate surface area is 112 Å². The summed E-state index contributed by atoms with van der Waals surface area (Å²) in [5.41, 5.74) is 0.609. The van der Waals surface area contributed by atoms with Crippen molar-refractivity contribution in [3.05, 3.63) is 43.9 Å². The smallest absolute Gasteiger partial charge is 0.255 e. The molecule has 0 radical (unpaired) electrons. The van der Waals surface area contributed by atoms with E-state index in [2.05, 4.69) is 21.2 Å². The molecule has 0 aliphatic rings. The topological polar surface area (TPSA) is 42.2 Å². The molecule has 3 nitrogen and oxygen atoms in total. The fourth-order valence-electron chi connectivity index (χ4n) is 1.57. The number of amides is 1. The van der Waals surface area contributed by atoms with Crippen LogP contribution in [0.2, 0.25) is 0 Å². The van der Waals surface area contributed by atoms with Crippen LogP contribution in [0.4, 0.5) is 0 Å². The van der Waals surface area contributed by atoms with Gasteiger partial charge in [0.1, 0.15) is 11.5 Å². The summed E-state index contributed by atoms with van der Waals surface area (Å²) in [5, 5.41) is 4.87. The fraction of sp³-hybridized carbons (Fsp3) is 0.250. The first-order chi connectivity index (χ1) is 8.06. The van der Waals surface area contributed by atoms with Crippen molar-refractivity contribution in [3.8, 4) is 0 Å². The Kier molecular flexibility index (Phi) is 3.69. The van der Waals surface area contributed by atoms with Gasteiger partial charge < -0.3 is 9.73 Å². The zero-order valence-electron chi connectivity index (χ0n) is 9.54. The molecule has 17 heavy (non-hydrogen) atoms. The number of hydrogen-bond acceptors (Lipinski definition) is 3. The molecule has 0 fully saturated rings. The van der Waals surface area contributed by atoms with E-state index < -0.39 is 0 Å². The molecular weight excluding hydrogens is 302 g/mol. The van der Waals surface area contributed by atoms with Crippen molar-refractivity contribution in [2.75, 3.05) is 0 Å². The van der Waals surface area contributed by atoms with Crippen molar-refractivity contribution >= 4 is 33.2 Å². The number of thiophene rings is 1.